The molecule has 0 aliphatic heterocycles. The summed E-state index contributed by atoms with van der Waals surface area (Å²) in [5, 5.41) is 2.33. The van der Waals surface area contributed by atoms with Crippen LogP contribution in [0.15, 0.2) is 249 Å². The van der Waals surface area contributed by atoms with Crippen LogP contribution in [0.1, 0.15) is 23.6 Å². The van der Waals surface area contributed by atoms with E-state index in [4.69, 9.17) is 9.97 Å². The number of fused-ring (bicyclic) bond motifs is 4. The van der Waals surface area contributed by atoms with Gasteiger partial charge in [0.05, 0.1) is 11.4 Å². The van der Waals surface area contributed by atoms with Gasteiger partial charge in [0.2, 0.25) is 0 Å². The van der Waals surface area contributed by atoms with Gasteiger partial charge in [-0.25, -0.2) is 9.97 Å². The number of benzene rings is 10. The lowest BCUT2D eigenvalue weighted by Crippen LogP contribution is -2.22. The number of nitrogens with zero attached hydrogens (tertiary/aromatic N) is 2. The molecule has 1 heterocycles. The second-order valence-corrected chi connectivity index (χ2v) is 17.4. The van der Waals surface area contributed by atoms with E-state index in [-0.39, 0.29) is 5.41 Å². The Morgan fingerprint density at radius 2 is 0.727 bits per heavy atom. The van der Waals surface area contributed by atoms with Gasteiger partial charge in [0.1, 0.15) is 0 Å². The molecular weight excluding hydrogens is 797 g/mol. The second kappa shape index (κ2) is 16.3. The maximum Gasteiger partial charge on any atom is 0.160 e. The minimum absolute atomic E-state index is 0.231. The van der Waals surface area contributed by atoms with E-state index in [2.05, 4.69) is 231 Å². The standard InChI is InChI=1S/C64H44N2/c1-64(52-22-9-4-10-23-52)59-27-14-13-26-56(59)57-37-36-50(41-60(57)64)46-30-28-45(29-31-46)49-20-15-21-51(40-49)53-38-39-58(55-25-12-11-24-54(53)55)62-42-61(65-63(66-62)48-18-7-3-8-19-48)47-34-32-44(33-35-47)43-16-5-2-6-17-43/h2-42H,1H3. The summed E-state index contributed by atoms with van der Waals surface area (Å²) in [6.45, 7) is 2.38. The Morgan fingerprint density at radius 1 is 0.273 bits per heavy atom. The first-order valence-electron chi connectivity index (χ1n) is 22.7. The Kier molecular flexibility index (Phi) is 9.65. The lowest BCUT2D eigenvalue weighted by atomic mass is 9.74. The highest BCUT2D eigenvalue weighted by Gasteiger charge is 2.40. The van der Waals surface area contributed by atoms with Crippen LogP contribution in [0.3, 0.4) is 0 Å². The average molecular weight is 841 g/mol. The van der Waals surface area contributed by atoms with Gasteiger partial charge in [-0.05, 0) is 108 Å². The summed E-state index contributed by atoms with van der Waals surface area (Å²) in [6, 6.07) is 89.6. The first-order valence-corrected chi connectivity index (χ1v) is 22.7. The molecule has 0 fully saturated rings. The van der Waals surface area contributed by atoms with Crippen molar-refractivity contribution < 1.29 is 0 Å². The average Bonchev–Trinajstić information content (AvgIpc) is 3.66. The maximum atomic E-state index is 5.24. The topological polar surface area (TPSA) is 25.8 Å². The van der Waals surface area contributed by atoms with Crippen LogP contribution in [0.2, 0.25) is 0 Å². The monoisotopic (exact) mass is 840 g/mol. The summed E-state index contributed by atoms with van der Waals surface area (Å²) in [6.07, 6.45) is 0. The van der Waals surface area contributed by atoms with Gasteiger partial charge in [0.25, 0.3) is 0 Å². The van der Waals surface area contributed by atoms with E-state index >= 15 is 0 Å². The molecule has 1 aliphatic rings. The number of rotatable bonds is 8. The van der Waals surface area contributed by atoms with Crippen molar-refractivity contribution >= 4 is 10.8 Å². The Hall–Kier alpha value is -8.46. The number of aromatic nitrogens is 2. The smallest absolute Gasteiger partial charge is 0.160 e. The van der Waals surface area contributed by atoms with Gasteiger partial charge in [0, 0.05) is 22.1 Å². The van der Waals surface area contributed by atoms with E-state index in [1.165, 1.54) is 77.7 Å². The molecule has 66 heavy (non-hydrogen) atoms. The summed E-state index contributed by atoms with van der Waals surface area (Å²) in [5.74, 6) is 0.703. The molecule has 1 aromatic heterocycles. The van der Waals surface area contributed by atoms with E-state index < -0.39 is 0 Å². The molecule has 0 bridgehead atoms. The van der Waals surface area contributed by atoms with Gasteiger partial charge < -0.3 is 0 Å². The zero-order chi connectivity index (χ0) is 44.0. The van der Waals surface area contributed by atoms with E-state index in [0.717, 1.165) is 33.5 Å². The van der Waals surface area contributed by atoms with Crippen molar-refractivity contribution in [1.29, 1.82) is 0 Å². The summed E-state index contributed by atoms with van der Waals surface area (Å²) in [7, 11) is 0. The van der Waals surface area contributed by atoms with Crippen LogP contribution in [-0.4, -0.2) is 9.97 Å². The molecule has 0 amide bonds. The molecule has 1 aliphatic carbocycles. The summed E-state index contributed by atoms with van der Waals surface area (Å²) in [4.78, 5) is 10.4. The molecule has 12 rings (SSSR count). The molecule has 0 saturated heterocycles. The van der Waals surface area contributed by atoms with Gasteiger partial charge in [-0.15, -0.1) is 0 Å². The van der Waals surface area contributed by atoms with Crippen LogP contribution < -0.4 is 0 Å². The van der Waals surface area contributed by atoms with Crippen molar-refractivity contribution in [3.8, 4) is 89.5 Å². The highest BCUT2D eigenvalue weighted by molar-refractivity contribution is 6.05. The first-order chi connectivity index (χ1) is 32.6. The zero-order valence-electron chi connectivity index (χ0n) is 36.6. The molecule has 0 spiro atoms. The molecule has 0 radical (unpaired) electrons. The van der Waals surface area contributed by atoms with E-state index in [9.17, 15) is 0 Å². The Balaban J connectivity index is 0.882. The van der Waals surface area contributed by atoms with E-state index in [1.807, 2.05) is 24.3 Å². The van der Waals surface area contributed by atoms with Crippen molar-refractivity contribution in [2.45, 2.75) is 12.3 Å². The van der Waals surface area contributed by atoms with Crippen molar-refractivity contribution in [2.24, 2.45) is 0 Å². The quantitative estimate of drug-likeness (QED) is 0.152. The van der Waals surface area contributed by atoms with Gasteiger partial charge in [-0.2, -0.15) is 0 Å². The van der Waals surface area contributed by atoms with Crippen LogP contribution in [0.4, 0.5) is 0 Å². The summed E-state index contributed by atoms with van der Waals surface area (Å²) < 4.78 is 0. The van der Waals surface area contributed by atoms with Crippen LogP contribution in [-0.2, 0) is 5.41 Å². The molecule has 2 heteroatoms. The van der Waals surface area contributed by atoms with Crippen LogP contribution in [0, 0.1) is 0 Å². The molecule has 1 atom stereocenters. The van der Waals surface area contributed by atoms with Gasteiger partial charge in [-0.1, -0.05) is 231 Å². The number of hydrogen-bond acceptors (Lipinski definition) is 2. The molecule has 0 saturated carbocycles. The predicted molar refractivity (Wildman–Crippen MR) is 275 cm³/mol. The van der Waals surface area contributed by atoms with Crippen molar-refractivity contribution in [3.05, 3.63) is 265 Å². The third kappa shape index (κ3) is 6.83. The molecule has 11 aromatic rings. The Morgan fingerprint density at radius 3 is 1.44 bits per heavy atom. The largest absolute Gasteiger partial charge is 0.228 e. The molecule has 310 valence electrons. The van der Waals surface area contributed by atoms with Gasteiger partial charge in [-0.3, -0.25) is 0 Å². The normalized spacial score (nSPS) is 13.9. The third-order valence-corrected chi connectivity index (χ3v) is 13.6. The fourth-order valence-electron chi connectivity index (χ4n) is 10.2. The van der Waals surface area contributed by atoms with Gasteiger partial charge >= 0.3 is 0 Å². The fraction of sp³-hybridized carbons (Fsp3) is 0.0312. The predicted octanol–water partition coefficient (Wildman–Crippen LogP) is 16.6. The highest BCUT2D eigenvalue weighted by atomic mass is 14.9. The molecule has 0 N–H and O–H groups in total. The fourth-order valence-corrected chi connectivity index (χ4v) is 10.2. The van der Waals surface area contributed by atoms with Gasteiger partial charge in [0.15, 0.2) is 5.82 Å². The molecular formula is C64H44N2. The Labute approximate surface area is 386 Å². The third-order valence-electron chi connectivity index (χ3n) is 13.6. The zero-order valence-corrected chi connectivity index (χ0v) is 36.6. The minimum Gasteiger partial charge on any atom is -0.228 e. The van der Waals surface area contributed by atoms with Crippen molar-refractivity contribution in [1.82, 2.24) is 9.97 Å². The highest BCUT2D eigenvalue weighted by Crippen LogP contribution is 2.53. The minimum atomic E-state index is -0.231. The SMILES string of the molecule is CC1(c2ccccc2)c2ccccc2-c2ccc(-c3ccc(-c4cccc(-c5ccc(-c6cc(-c7ccc(-c8ccccc8)cc7)nc(-c7ccccc7)n6)c6ccccc56)c4)cc3)cc21. The lowest BCUT2D eigenvalue weighted by Gasteiger charge is -2.28. The lowest BCUT2D eigenvalue weighted by molar-refractivity contribution is 0.714. The van der Waals surface area contributed by atoms with Crippen LogP contribution in [0.25, 0.3) is 100 Å². The van der Waals surface area contributed by atoms with Crippen LogP contribution in [0.5, 0.6) is 0 Å². The number of hydrogen-bond donors (Lipinski definition) is 0. The summed E-state index contributed by atoms with van der Waals surface area (Å²) >= 11 is 0. The van der Waals surface area contributed by atoms with Crippen LogP contribution >= 0.6 is 0 Å². The van der Waals surface area contributed by atoms with Crippen molar-refractivity contribution in [3.63, 3.8) is 0 Å². The molecule has 1 unspecified atom stereocenters. The Bertz CT molecular complexity index is 3560. The maximum absolute atomic E-state index is 5.24. The molecule has 2 nitrogen and oxygen atoms in total. The first kappa shape index (κ1) is 39.2. The summed E-state index contributed by atoms with van der Waals surface area (Å²) in [5.41, 5.74) is 20.8. The second-order valence-electron chi connectivity index (χ2n) is 17.4. The van der Waals surface area contributed by atoms with E-state index in [1.54, 1.807) is 0 Å². The molecule has 10 aromatic carbocycles. The van der Waals surface area contributed by atoms with E-state index in [0.29, 0.717) is 5.82 Å². The van der Waals surface area contributed by atoms with Crippen molar-refractivity contribution in [2.75, 3.05) is 0 Å².